The van der Waals surface area contributed by atoms with Gasteiger partial charge in [0.15, 0.2) is 0 Å². The van der Waals surface area contributed by atoms with Crippen molar-refractivity contribution < 1.29 is 4.79 Å². The predicted octanol–water partition coefficient (Wildman–Crippen LogP) is 2.02. The first-order valence-corrected chi connectivity index (χ1v) is 10.1. The van der Waals surface area contributed by atoms with E-state index < -0.39 is 0 Å². The first-order valence-electron chi connectivity index (χ1n) is 10.1. The molecule has 3 rings (SSSR count). The van der Waals surface area contributed by atoms with E-state index in [9.17, 15) is 14.4 Å². The highest BCUT2D eigenvalue weighted by atomic mass is 16.2. The van der Waals surface area contributed by atoms with E-state index in [1.165, 1.54) is 0 Å². The molecule has 144 valence electrons. The van der Waals surface area contributed by atoms with Crippen LogP contribution < -0.4 is 26.4 Å². The number of rotatable bonds is 7. The summed E-state index contributed by atoms with van der Waals surface area (Å²) in [6.07, 6.45) is 6.90. The van der Waals surface area contributed by atoms with E-state index in [-0.39, 0.29) is 28.7 Å². The molecule has 1 saturated heterocycles. The molecule has 0 aromatic heterocycles. The molecule has 2 aliphatic rings. The molecule has 2 fully saturated rings. The Morgan fingerprint density at radius 1 is 1.12 bits per heavy atom. The van der Waals surface area contributed by atoms with Gasteiger partial charge in [-0.2, -0.15) is 0 Å². The lowest BCUT2D eigenvalue weighted by molar-refractivity contribution is -0.126. The molecule has 0 radical (unpaired) electrons. The van der Waals surface area contributed by atoms with Gasteiger partial charge in [-0.25, -0.2) is 0 Å². The zero-order chi connectivity index (χ0) is 18.7. The monoisotopic (exact) mass is 361 g/mol. The minimum absolute atomic E-state index is 0.117. The standard InChI is InChI=1S/C20H31N3O3/c1-3-13(2)22-20(26)15-8-6-14(7-9-15)12-21-16-17(19(25)18(16)24)23-10-4-5-11-23/h13-15,21H,3-12H2,1-2H3,(H,22,26). The normalized spacial score (nSPS) is 24.6. The van der Waals surface area contributed by atoms with Gasteiger partial charge in [0.25, 0.3) is 10.9 Å². The van der Waals surface area contributed by atoms with Crippen LogP contribution in [-0.2, 0) is 4.79 Å². The van der Waals surface area contributed by atoms with E-state index in [2.05, 4.69) is 17.6 Å². The number of anilines is 2. The Morgan fingerprint density at radius 2 is 1.77 bits per heavy atom. The molecule has 6 nitrogen and oxygen atoms in total. The van der Waals surface area contributed by atoms with Crippen LogP contribution in [0.25, 0.3) is 0 Å². The third-order valence-corrected chi connectivity index (χ3v) is 6.09. The molecule has 0 bridgehead atoms. The first-order chi connectivity index (χ1) is 12.5. The number of hydrogen-bond donors (Lipinski definition) is 2. The molecule has 26 heavy (non-hydrogen) atoms. The second kappa shape index (κ2) is 8.23. The van der Waals surface area contributed by atoms with Crippen LogP contribution in [0.3, 0.4) is 0 Å². The second-order valence-corrected chi connectivity index (χ2v) is 7.99. The Bertz CT molecular complexity index is 694. The van der Waals surface area contributed by atoms with Crippen LogP contribution in [0.2, 0.25) is 0 Å². The maximum atomic E-state index is 12.2. The van der Waals surface area contributed by atoms with Crippen LogP contribution in [0.4, 0.5) is 11.4 Å². The van der Waals surface area contributed by atoms with Crippen LogP contribution >= 0.6 is 0 Å². The zero-order valence-corrected chi connectivity index (χ0v) is 16.0. The molecular formula is C20H31N3O3. The summed E-state index contributed by atoms with van der Waals surface area (Å²) in [5.74, 6) is 0.759. The molecule has 1 aromatic rings. The molecule has 1 heterocycles. The van der Waals surface area contributed by atoms with Crippen LogP contribution in [0.1, 0.15) is 58.8 Å². The molecule has 1 atom stereocenters. The minimum atomic E-state index is -0.367. The smallest absolute Gasteiger partial charge is 0.253 e. The lowest BCUT2D eigenvalue weighted by atomic mass is 9.81. The van der Waals surface area contributed by atoms with Crippen molar-refractivity contribution in [2.45, 2.75) is 64.8 Å². The van der Waals surface area contributed by atoms with Crippen molar-refractivity contribution >= 4 is 17.3 Å². The molecule has 1 unspecified atom stereocenters. The summed E-state index contributed by atoms with van der Waals surface area (Å²) in [6.45, 7) is 6.57. The van der Waals surface area contributed by atoms with E-state index in [0.29, 0.717) is 23.8 Å². The fourth-order valence-corrected chi connectivity index (χ4v) is 4.12. The summed E-state index contributed by atoms with van der Waals surface area (Å²) in [4.78, 5) is 38.1. The predicted molar refractivity (Wildman–Crippen MR) is 105 cm³/mol. The van der Waals surface area contributed by atoms with Crippen molar-refractivity contribution in [2.75, 3.05) is 29.9 Å². The molecule has 2 N–H and O–H groups in total. The number of nitrogens with zero attached hydrogens (tertiary/aromatic N) is 1. The van der Waals surface area contributed by atoms with Crippen LogP contribution in [0.5, 0.6) is 0 Å². The molecular weight excluding hydrogens is 330 g/mol. The van der Waals surface area contributed by atoms with Gasteiger partial charge in [0, 0.05) is 31.6 Å². The Kier molecular flexibility index (Phi) is 5.99. The van der Waals surface area contributed by atoms with Gasteiger partial charge in [-0.3, -0.25) is 14.4 Å². The van der Waals surface area contributed by atoms with Gasteiger partial charge in [0.2, 0.25) is 5.91 Å². The van der Waals surface area contributed by atoms with Crippen LogP contribution in [-0.4, -0.2) is 31.6 Å². The van der Waals surface area contributed by atoms with Gasteiger partial charge in [0.1, 0.15) is 11.4 Å². The highest BCUT2D eigenvalue weighted by Gasteiger charge is 2.30. The average molecular weight is 361 g/mol. The van der Waals surface area contributed by atoms with Gasteiger partial charge in [-0.05, 0) is 57.8 Å². The summed E-state index contributed by atoms with van der Waals surface area (Å²) >= 11 is 0. The molecule has 6 heteroatoms. The quantitative estimate of drug-likeness (QED) is 0.727. The highest BCUT2D eigenvalue weighted by Crippen LogP contribution is 2.30. The number of nitrogens with one attached hydrogen (secondary N) is 2. The summed E-state index contributed by atoms with van der Waals surface area (Å²) in [5, 5.41) is 6.33. The zero-order valence-electron chi connectivity index (χ0n) is 16.0. The largest absolute Gasteiger partial charge is 0.380 e. The van der Waals surface area contributed by atoms with Crippen LogP contribution in [0, 0.1) is 11.8 Å². The third kappa shape index (κ3) is 3.94. The highest BCUT2D eigenvalue weighted by molar-refractivity contribution is 5.79. The van der Waals surface area contributed by atoms with Crippen molar-refractivity contribution in [3.63, 3.8) is 0 Å². The third-order valence-electron chi connectivity index (χ3n) is 6.09. The summed E-state index contributed by atoms with van der Waals surface area (Å²) in [5.41, 5.74) is 0.427. The molecule has 1 aliphatic carbocycles. The van der Waals surface area contributed by atoms with Crippen molar-refractivity contribution in [1.29, 1.82) is 0 Å². The van der Waals surface area contributed by atoms with Crippen molar-refractivity contribution in [3.8, 4) is 0 Å². The second-order valence-electron chi connectivity index (χ2n) is 7.99. The van der Waals surface area contributed by atoms with E-state index in [4.69, 9.17) is 0 Å². The van der Waals surface area contributed by atoms with E-state index >= 15 is 0 Å². The van der Waals surface area contributed by atoms with Crippen LogP contribution in [0.15, 0.2) is 9.59 Å². The molecule has 1 aliphatic heterocycles. The van der Waals surface area contributed by atoms with E-state index in [1.54, 1.807) is 0 Å². The maximum absolute atomic E-state index is 12.2. The minimum Gasteiger partial charge on any atom is -0.380 e. The van der Waals surface area contributed by atoms with Crippen molar-refractivity contribution in [1.82, 2.24) is 5.32 Å². The van der Waals surface area contributed by atoms with Gasteiger partial charge >= 0.3 is 0 Å². The molecule has 0 spiro atoms. The maximum Gasteiger partial charge on any atom is 0.253 e. The van der Waals surface area contributed by atoms with Gasteiger partial charge in [0.05, 0.1) is 0 Å². The Morgan fingerprint density at radius 3 is 2.38 bits per heavy atom. The number of hydrogen-bond acceptors (Lipinski definition) is 5. The summed E-state index contributed by atoms with van der Waals surface area (Å²) in [7, 11) is 0. The fraction of sp³-hybridized carbons (Fsp3) is 0.750. The SMILES string of the molecule is CCC(C)NC(=O)C1CCC(CNc2c(N3CCCC3)c(=O)c2=O)CC1. The molecule has 1 amide bonds. The summed E-state index contributed by atoms with van der Waals surface area (Å²) < 4.78 is 0. The van der Waals surface area contributed by atoms with Crippen molar-refractivity contribution in [3.05, 3.63) is 20.4 Å². The average Bonchev–Trinajstić information content (AvgIpc) is 3.18. The van der Waals surface area contributed by atoms with Gasteiger partial charge in [-0.15, -0.1) is 0 Å². The Hall–Kier alpha value is -1.85. The number of carbonyl (C=O) groups excluding carboxylic acids is 1. The Labute approximate surface area is 155 Å². The lowest BCUT2D eigenvalue weighted by Crippen LogP contribution is -2.42. The van der Waals surface area contributed by atoms with Gasteiger partial charge < -0.3 is 15.5 Å². The topological polar surface area (TPSA) is 78.5 Å². The van der Waals surface area contributed by atoms with Gasteiger partial charge in [-0.1, -0.05) is 6.92 Å². The van der Waals surface area contributed by atoms with E-state index in [1.807, 2.05) is 11.8 Å². The molecule has 1 saturated carbocycles. The van der Waals surface area contributed by atoms with Crippen molar-refractivity contribution in [2.24, 2.45) is 11.8 Å². The Balaban J connectivity index is 1.48. The fourth-order valence-electron chi connectivity index (χ4n) is 4.12. The van der Waals surface area contributed by atoms with E-state index in [0.717, 1.165) is 58.0 Å². The molecule has 1 aromatic carbocycles. The summed E-state index contributed by atoms with van der Waals surface area (Å²) in [6, 6.07) is 0.236. The number of amides is 1. The lowest BCUT2D eigenvalue weighted by Gasteiger charge is -2.30. The number of carbonyl (C=O) groups is 1. The first kappa shape index (κ1) is 18.9.